The summed E-state index contributed by atoms with van der Waals surface area (Å²) in [4.78, 5) is 11.8. The zero-order valence-corrected chi connectivity index (χ0v) is 10.4. The molecule has 1 aliphatic rings. The van der Waals surface area contributed by atoms with Crippen molar-refractivity contribution in [3.63, 3.8) is 0 Å². The van der Waals surface area contributed by atoms with Crippen molar-refractivity contribution in [2.75, 3.05) is 26.1 Å². The maximum absolute atomic E-state index is 11.8. The second-order valence-electron chi connectivity index (χ2n) is 4.35. The zero-order valence-electron chi connectivity index (χ0n) is 10.4. The lowest BCUT2D eigenvalue weighted by Crippen LogP contribution is -2.30. The summed E-state index contributed by atoms with van der Waals surface area (Å²) < 4.78 is 10.3. The number of benzene rings is 1. The molecule has 0 aromatic heterocycles. The van der Waals surface area contributed by atoms with Gasteiger partial charge >= 0.3 is 0 Å². The van der Waals surface area contributed by atoms with E-state index in [1.807, 2.05) is 12.1 Å². The SMILES string of the molecule is COc1ccc(CNC(=O)C2CCOC2)cc1N. The van der Waals surface area contributed by atoms with E-state index in [0.717, 1.165) is 12.0 Å². The Morgan fingerprint density at radius 2 is 2.44 bits per heavy atom. The molecule has 1 atom stereocenters. The average Bonchev–Trinajstić information content (AvgIpc) is 2.90. The lowest BCUT2D eigenvalue weighted by atomic mass is 10.1. The number of carbonyl (C=O) groups is 1. The minimum atomic E-state index is -0.0133. The number of nitrogen functional groups attached to an aromatic ring is 1. The lowest BCUT2D eigenvalue weighted by molar-refractivity contribution is -0.125. The topological polar surface area (TPSA) is 73.6 Å². The van der Waals surface area contributed by atoms with Gasteiger partial charge in [-0.15, -0.1) is 0 Å². The molecule has 1 amide bonds. The van der Waals surface area contributed by atoms with Crippen LogP contribution in [0.5, 0.6) is 5.75 Å². The summed E-state index contributed by atoms with van der Waals surface area (Å²) in [6.45, 7) is 1.67. The van der Waals surface area contributed by atoms with Gasteiger partial charge in [0.1, 0.15) is 5.75 Å². The number of nitrogens with one attached hydrogen (secondary N) is 1. The predicted octanol–water partition coefficient (Wildman–Crippen LogP) is 0.930. The first kappa shape index (κ1) is 12.7. The van der Waals surface area contributed by atoms with Gasteiger partial charge in [-0.2, -0.15) is 0 Å². The Hall–Kier alpha value is -1.75. The summed E-state index contributed by atoms with van der Waals surface area (Å²) in [5, 5.41) is 2.89. The van der Waals surface area contributed by atoms with Crippen LogP contribution in [0.15, 0.2) is 18.2 Å². The Balaban J connectivity index is 1.89. The summed E-state index contributed by atoms with van der Waals surface area (Å²) in [5.41, 5.74) is 7.34. The van der Waals surface area contributed by atoms with E-state index in [9.17, 15) is 4.79 Å². The summed E-state index contributed by atoms with van der Waals surface area (Å²) in [6, 6.07) is 5.50. The number of anilines is 1. The quantitative estimate of drug-likeness (QED) is 0.780. The van der Waals surface area contributed by atoms with Crippen LogP contribution in [0.25, 0.3) is 0 Å². The number of hydrogen-bond acceptors (Lipinski definition) is 4. The Morgan fingerprint density at radius 3 is 3.06 bits per heavy atom. The molecule has 0 saturated carbocycles. The number of rotatable bonds is 4. The normalized spacial score (nSPS) is 18.6. The Kier molecular flexibility index (Phi) is 4.04. The molecule has 0 spiro atoms. The van der Waals surface area contributed by atoms with Crippen LogP contribution in [-0.2, 0) is 16.1 Å². The molecule has 1 aromatic rings. The lowest BCUT2D eigenvalue weighted by Gasteiger charge is -2.11. The molecule has 3 N–H and O–H groups in total. The largest absolute Gasteiger partial charge is 0.495 e. The highest BCUT2D eigenvalue weighted by atomic mass is 16.5. The molecule has 5 heteroatoms. The van der Waals surface area contributed by atoms with E-state index in [0.29, 0.717) is 31.2 Å². The Bertz CT molecular complexity index is 428. The second-order valence-corrected chi connectivity index (χ2v) is 4.35. The molecule has 5 nitrogen and oxygen atoms in total. The fourth-order valence-corrected chi connectivity index (χ4v) is 1.97. The van der Waals surface area contributed by atoms with Crippen molar-refractivity contribution < 1.29 is 14.3 Å². The fraction of sp³-hybridized carbons (Fsp3) is 0.462. The van der Waals surface area contributed by atoms with E-state index in [4.69, 9.17) is 15.2 Å². The smallest absolute Gasteiger partial charge is 0.225 e. The molecular formula is C13H18N2O3. The maximum atomic E-state index is 11.8. The second kappa shape index (κ2) is 5.73. The third kappa shape index (κ3) is 2.92. The molecule has 1 heterocycles. The first-order valence-corrected chi connectivity index (χ1v) is 5.98. The molecule has 2 rings (SSSR count). The molecule has 18 heavy (non-hydrogen) atoms. The molecule has 0 radical (unpaired) electrons. The average molecular weight is 250 g/mol. The van der Waals surface area contributed by atoms with Gasteiger partial charge in [0.2, 0.25) is 5.91 Å². The van der Waals surface area contributed by atoms with Gasteiger partial charge in [-0.3, -0.25) is 4.79 Å². The molecule has 1 saturated heterocycles. The molecule has 0 bridgehead atoms. The van der Waals surface area contributed by atoms with Crippen molar-refractivity contribution >= 4 is 11.6 Å². The van der Waals surface area contributed by atoms with Gasteiger partial charge in [0, 0.05) is 13.2 Å². The van der Waals surface area contributed by atoms with E-state index >= 15 is 0 Å². The van der Waals surface area contributed by atoms with Crippen molar-refractivity contribution in [1.29, 1.82) is 0 Å². The van der Waals surface area contributed by atoms with E-state index in [-0.39, 0.29) is 11.8 Å². The summed E-state index contributed by atoms with van der Waals surface area (Å²) in [6.07, 6.45) is 0.802. The molecule has 0 aliphatic carbocycles. The minimum absolute atomic E-state index is 0.0133. The van der Waals surface area contributed by atoms with Gasteiger partial charge in [-0.1, -0.05) is 6.07 Å². The predicted molar refractivity (Wildman–Crippen MR) is 68.2 cm³/mol. The van der Waals surface area contributed by atoms with Gasteiger partial charge in [-0.25, -0.2) is 0 Å². The molecule has 1 aromatic carbocycles. The van der Waals surface area contributed by atoms with Crippen molar-refractivity contribution in [1.82, 2.24) is 5.32 Å². The summed E-state index contributed by atoms with van der Waals surface area (Å²) in [5.74, 6) is 0.678. The Labute approximate surface area is 106 Å². The molecule has 1 unspecified atom stereocenters. The first-order valence-electron chi connectivity index (χ1n) is 5.98. The van der Waals surface area contributed by atoms with E-state index in [1.165, 1.54) is 0 Å². The van der Waals surface area contributed by atoms with Crippen LogP contribution in [0.3, 0.4) is 0 Å². The third-order valence-corrected chi connectivity index (χ3v) is 3.06. The molecular weight excluding hydrogens is 232 g/mol. The highest BCUT2D eigenvalue weighted by Crippen LogP contribution is 2.21. The zero-order chi connectivity index (χ0) is 13.0. The van der Waals surface area contributed by atoms with E-state index in [2.05, 4.69) is 5.32 Å². The number of methoxy groups -OCH3 is 1. The summed E-state index contributed by atoms with van der Waals surface area (Å²) in [7, 11) is 1.58. The minimum Gasteiger partial charge on any atom is -0.495 e. The number of hydrogen-bond donors (Lipinski definition) is 2. The van der Waals surface area contributed by atoms with Crippen molar-refractivity contribution in [2.24, 2.45) is 5.92 Å². The molecule has 1 aliphatic heterocycles. The number of carbonyl (C=O) groups excluding carboxylic acids is 1. The van der Waals surface area contributed by atoms with Crippen LogP contribution in [0.4, 0.5) is 5.69 Å². The van der Waals surface area contributed by atoms with Crippen LogP contribution in [0, 0.1) is 5.92 Å². The third-order valence-electron chi connectivity index (χ3n) is 3.06. The fourth-order valence-electron chi connectivity index (χ4n) is 1.97. The van der Waals surface area contributed by atoms with Gasteiger partial charge in [0.25, 0.3) is 0 Å². The van der Waals surface area contributed by atoms with Crippen molar-refractivity contribution in [3.8, 4) is 5.75 Å². The number of amides is 1. The van der Waals surface area contributed by atoms with Crippen LogP contribution >= 0.6 is 0 Å². The van der Waals surface area contributed by atoms with Crippen LogP contribution in [-0.4, -0.2) is 26.2 Å². The standard InChI is InChI=1S/C13H18N2O3/c1-17-12-3-2-9(6-11(12)14)7-15-13(16)10-4-5-18-8-10/h2-3,6,10H,4-5,7-8,14H2,1H3,(H,15,16). The molecule has 1 fully saturated rings. The van der Waals surface area contributed by atoms with Gasteiger partial charge < -0.3 is 20.5 Å². The van der Waals surface area contributed by atoms with Gasteiger partial charge in [0.05, 0.1) is 25.3 Å². The Morgan fingerprint density at radius 1 is 1.61 bits per heavy atom. The van der Waals surface area contributed by atoms with E-state index in [1.54, 1.807) is 13.2 Å². The highest BCUT2D eigenvalue weighted by Gasteiger charge is 2.22. The highest BCUT2D eigenvalue weighted by molar-refractivity contribution is 5.79. The van der Waals surface area contributed by atoms with Crippen LogP contribution < -0.4 is 15.8 Å². The number of ether oxygens (including phenoxy) is 2. The summed E-state index contributed by atoms with van der Waals surface area (Å²) >= 11 is 0. The first-order chi connectivity index (χ1) is 8.70. The molecule has 98 valence electrons. The van der Waals surface area contributed by atoms with Crippen LogP contribution in [0.2, 0.25) is 0 Å². The van der Waals surface area contributed by atoms with Crippen molar-refractivity contribution in [2.45, 2.75) is 13.0 Å². The number of nitrogens with two attached hydrogens (primary N) is 1. The van der Waals surface area contributed by atoms with Crippen LogP contribution in [0.1, 0.15) is 12.0 Å². The van der Waals surface area contributed by atoms with Gasteiger partial charge in [-0.05, 0) is 24.1 Å². The van der Waals surface area contributed by atoms with Gasteiger partial charge in [0.15, 0.2) is 0 Å². The monoisotopic (exact) mass is 250 g/mol. The maximum Gasteiger partial charge on any atom is 0.225 e. The van der Waals surface area contributed by atoms with Crippen molar-refractivity contribution in [3.05, 3.63) is 23.8 Å². The van der Waals surface area contributed by atoms with E-state index < -0.39 is 0 Å².